The Kier molecular flexibility index (Phi) is 1.81. The molecule has 0 atom stereocenters. The van der Waals surface area contributed by atoms with Crippen molar-refractivity contribution in [2.75, 3.05) is 6.54 Å². The number of rotatable bonds is 3. The van der Waals surface area contributed by atoms with Crippen molar-refractivity contribution >= 4 is 0 Å². The van der Waals surface area contributed by atoms with Gasteiger partial charge in [-0.05, 0) is 31.9 Å². The van der Waals surface area contributed by atoms with E-state index >= 15 is 0 Å². The summed E-state index contributed by atoms with van der Waals surface area (Å²) in [5.74, 6) is 0. The minimum Gasteiger partial charge on any atom is -0.330 e. The molecule has 2 N–H and O–H groups in total. The number of nitrogens with zero attached hydrogens (tertiary/aromatic N) is 2. The first-order valence-electron chi connectivity index (χ1n) is 4.34. The molecule has 1 aromatic heterocycles. The topological polar surface area (TPSA) is 51.8 Å². The van der Waals surface area contributed by atoms with E-state index in [1.807, 2.05) is 6.07 Å². The Balaban J connectivity index is 2.19. The summed E-state index contributed by atoms with van der Waals surface area (Å²) >= 11 is 0. The van der Waals surface area contributed by atoms with E-state index in [-0.39, 0.29) is 0 Å². The molecule has 3 heteroatoms. The van der Waals surface area contributed by atoms with E-state index in [1.54, 1.807) is 12.5 Å². The summed E-state index contributed by atoms with van der Waals surface area (Å²) in [6, 6.07) is 2.00. The minimum atomic E-state index is 0.317. The fourth-order valence-corrected chi connectivity index (χ4v) is 1.67. The molecule has 0 saturated heterocycles. The van der Waals surface area contributed by atoms with Gasteiger partial charge in [0.25, 0.3) is 0 Å². The van der Waals surface area contributed by atoms with Crippen LogP contribution in [0.2, 0.25) is 0 Å². The maximum atomic E-state index is 5.55. The van der Waals surface area contributed by atoms with Crippen molar-refractivity contribution in [2.24, 2.45) is 5.73 Å². The third-order valence-corrected chi connectivity index (χ3v) is 2.60. The fourth-order valence-electron chi connectivity index (χ4n) is 1.67. The maximum Gasteiger partial charge on any atom is 0.115 e. The molecule has 3 nitrogen and oxygen atoms in total. The van der Waals surface area contributed by atoms with Gasteiger partial charge in [-0.3, -0.25) is 0 Å². The number of hydrogen-bond acceptors (Lipinski definition) is 3. The monoisotopic (exact) mass is 163 g/mol. The molecule has 1 fully saturated rings. The van der Waals surface area contributed by atoms with E-state index in [0.717, 1.165) is 13.0 Å². The summed E-state index contributed by atoms with van der Waals surface area (Å²) in [5, 5.41) is 0. The number of aromatic nitrogens is 2. The van der Waals surface area contributed by atoms with Crippen molar-refractivity contribution in [3.05, 3.63) is 24.3 Å². The van der Waals surface area contributed by atoms with E-state index in [4.69, 9.17) is 5.73 Å². The summed E-state index contributed by atoms with van der Waals surface area (Å²) in [4.78, 5) is 8.17. The molecule has 1 aromatic rings. The van der Waals surface area contributed by atoms with Crippen LogP contribution in [-0.2, 0) is 5.41 Å². The molecular weight excluding hydrogens is 150 g/mol. The van der Waals surface area contributed by atoms with Gasteiger partial charge in [-0.2, -0.15) is 0 Å². The third kappa shape index (κ3) is 1.20. The van der Waals surface area contributed by atoms with Gasteiger partial charge < -0.3 is 5.73 Å². The van der Waals surface area contributed by atoms with E-state index in [0.29, 0.717) is 5.41 Å². The molecule has 0 bridgehead atoms. The van der Waals surface area contributed by atoms with Crippen LogP contribution in [0.25, 0.3) is 0 Å². The first kappa shape index (κ1) is 7.68. The van der Waals surface area contributed by atoms with Crippen LogP contribution in [0.5, 0.6) is 0 Å². The van der Waals surface area contributed by atoms with Crippen LogP contribution < -0.4 is 5.73 Å². The molecule has 1 aliphatic rings. The predicted octanol–water partition coefficient (Wildman–Crippen LogP) is 0.857. The molecule has 0 amide bonds. The zero-order valence-corrected chi connectivity index (χ0v) is 7.03. The highest BCUT2D eigenvalue weighted by atomic mass is 14.8. The Morgan fingerprint density at radius 1 is 1.50 bits per heavy atom. The van der Waals surface area contributed by atoms with Gasteiger partial charge in [-0.15, -0.1) is 0 Å². The normalized spacial score (nSPS) is 19.1. The standard InChI is InChI=1S/C9H13N3/c10-5-4-9(2-3-9)8-1-6-11-7-12-8/h1,6-7H,2-5,10H2. The van der Waals surface area contributed by atoms with Crippen molar-refractivity contribution in [3.63, 3.8) is 0 Å². The van der Waals surface area contributed by atoms with Gasteiger partial charge in [-0.25, -0.2) is 9.97 Å². The molecule has 0 unspecified atom stereocenters. The lowest BCUT2D eigenvalue weighted by atomic mass is 9.98. The minimum absolute atomic E-state index is 0.317. The molecule has 2 rings (SSSR count). The summed E-state index contributed by atoms with van der Waals surface area (Å²) in [6.07, 6.45) is 6.96. The Morgan fingerprint density at radius 3 is 2.83 bits per heavy atom. The van der Waals surface area contributed by atoms with Crippen LogP contribution >= 0.6 is 0 Å². The van der Waals surface area contributed by atoms with Crippen molar-refractivity contribution in [2.45, 2.75) is 24.7 Å². The molecule has 64 valence electrons. The van der Waals surface area contributed by atoms with Gasteiger partial charge in [0, 0.05) is 17.3 Å². The van der Waals surface area contributed by atoms with Crippen molar-refractivity contribution in [1.82, 2.24) is 9.97 Å². The highest BCUT2D eigenvalue weighted by Crippen LogP contribution is 2.49. The van der Waals surface area contributed by atoms with Crippen molar-refractivity contribution < 1.29 is 0 Å². The van der Waals surface area contributed by atoms with Gasteiger partial charge in [0.15, 0.2) is 0 Å². The number of nitrogens with two attached hydrogens (primary N) is 1. The van der Waals surface area contributed by atoms with Crippen LogP contribution in [0.15, 0.2) is 18.6 Å². The van der Waals surface area contributed by atoms with Crippen LogP contribution in [0.3, 0.4) is 0 Å². The Bertz CT molecular complexity index is 254. The Morgan fingerprint density at radius 2 is 2.33 bits per heavy atom. The lowest BCUT2D eigenvalue weighted by Gasteiger charge is -2.11. The van der Waals surface area contributed by atoms with Crippen LogP contribution in [0.4, 0.5) is 0 Å². The molecule has 12 heavy (non-hydrogen) atoms. The van der Waals surface area contributed by atoms with E-state index in [2.05, 4.69) is 9.97 Å². The molecular formula is C9H13N3. The van der Waals surface area contributed by atoms with E-state index in [9.17, 15) is 0 Å². The molecule has 0 spiro atoms. The summed E-state index contributed by atoms with van der Waals surface area (Å²) < 4.78 is 0. The Labute approximate surface area is 72.0 Å². The lowest BCUT2D eigenvalue weighted by molar-refractivity contribution is 0.608. The van der Waals surface area contributed by atoms with Crippen molar-refractivity contribution in [1.29, 1.82) is 0 Å². The van der Waals surface area contributed by atoms with Crippen LogP contribution in [0.1, 0.15) is 25.0 Å². The van der Waals surface area contributed by atoms with Gasteiger partial charge in [0.05, 0.1) is 0 Å². The lowest BCUT2D eigenvalue weighted by Crippen LogP contribution is -2.14. The summed E-state index contributed by atoms with van der Waals surface area (Å²) in [5.41, 5.74) is 7.04. The largest absolute Gasteiger partial charge is 0.330 e. The third-order valence-electron chi connectivity index (χ3n) is 2.60. The summed E-state index contributed by atoms with van der Waals surface area (Å²) in [6.45, 7) is 0.754. The molecule has 1 aliphatic carbocycles. The maximum absolute atomic E-state index is 5.55. The second-order valence-corrected chi connectivity index (χ2v) is 3.41. The van der Waals surface area contributed by atoms with E-state index < -0.39 is 0 Å². The molecule has 0 aromatic carbocycles. The highest BCUT2D eigenvalue weighted by Gasteiger charge is 2.44. The van der Waals surface area contributed by atoms with Crippen LogP contribution in [-0.4, -0.2) is 16.5 Å². The smallest absolute Gasteiger partial charge is 0.115 e. The van der Waals surface area contributed by atoms with Gasteiger partial charge in [0.1, 0.15) is 6.33 Å². The molecule has 1 heterocycles. The van der Waals surface area contributed by atoms with Gasteiger partial charge in [0.2, 0.25) is 0 Å². The van der Waals surface area contributed by atoms with Crippen LogP contribution in [0, 0.1) is 0 Å². The molecule has 0 aliphatic heterocycles. The summed E-state index contributed by atoms with van der Waals surface area (Å²) in [7, 11) is 0. The highest BCUT2D eigenvalue weighted by molar-refractivity contribution is 5.22. The quantitative estimate of drug-likeness (QED) is 0.719. The first-order valence-corrected chi connectivity index (χ1v) is 4.34. The van der Waals surface area contributed by atoms with E-state index in [1.165, 1.54) is 18.5 Å². The Hall–Kier alpha value is -0.960. The average Bonchev–Trinajstić information content (AvgIpc) is 2.88. The average molecular weight is 163 g/mol. The van der Waals surface area contributed by atoms with Crippen molar-refractivity contribution in [3.8, 4) is 0 Å². The zero-order chi connectivity index (χ0) is 8.44. The first-order chi connectivity index (χ1) is 5.87. The predicted molar refractivity (Wildman–Crippen MR) is 46.6 cm³/mol. The zero-order valence-electron chi connectivity index (χ0n) is 7.03. The molecule has 1 saturated carbocycles. The fraction of sp³-hybridized carbons (Fsp3) is 0.556. The molecule has 0 radical (unpaired) electrons. The second kappa shape index (κ2) is 2.83. The number of hydrogen-bond donors (Lipinski definition) is 1. The van der Waals surface area contributed by atoms with Gasteiger partial charge in [-0.1, -0.05) is 0 Å². The second-order valence-electron chi connectivity index (χ2n) is 3.41. The SMILES string of the molecule is NCCC1(c2ccncn2)CC1. The van der Waals surface area contributed by atoms with Gasteiger partial charge >= 0.3 is 0 Å².